The Bertz CT molecular complexity index is 898. The Kier molecular flexibility index (Phi) is 3.58. The number of carbonyl (C=O) groups is 1. The second kappa shape index (κ2) is 5.76. The third kappa shape index (κ3) is 2.67. The Morgan fingerprint density at radius 2 is 2.00 bits per heavy atom. The third-order valence-electron chi connectivity index (χ3n) is 4.49. The van der Waals surface area contributed by atoms with E-state index in [-0.39, 0.29) is 0 Å². The molecule has 2 N–H and O–H groups in total. The summed E-state index contributed by atoms with van der Waals surface area (Å²) in [6.45, 7) is 0. The summed E-state index contributed by atoms with van der Waals surface area (Å²) in [5.74, 6) is 1.23. The van der Waals surface area contributed by atoms with Crippen molar-refractivity contribution in [1.29, 1.82) is 0 Å². The van der Waals surface area contributed by atoms with Crippen molar-refractivity contribution in [2.75, 3.05) is 5.32 Å². The van der Waals surface area contributed by atoms with Gasteiger partial charge in [-0.15, -0.1) is 0 Å². The molecule has 24 heavy (non-hydrogen) atoms. The van der Waals surface area contributed by atoms with Crippen molar-refractivity contribution in [3.05, 3.63) is 59.9 Å². The summed E-state index contributed by atoms with van der Waals surface area (Å²) < 4.78 is 2.12. The number of anilines is 1. The van der Waals surface area contributed by atoms with E-state index >= 15 is 0 Å². The van der Waals surface area contributed by atoms with Crippen molar-refractivity contribution in [1.82, 2.24) is 9.55 Å². The van der Waals surface area contributed by atoms with E-state index in [4.69, 9.17) is 4.98 Å². The molecule has 5 nitrogen and oxygen atoms in total. The predicted octanol–water partition coefficient (Wildman–Crippen LogP) is 3.12. The number of aromatic nitrogens is 2. The number of aliphatic hydroxyl groups is 1. The predicted molar refractivity (Wildman–Crippen MR) is 92.7 cm³/mol. The van der Waals surface area contributed by atoms with Crippen LogP contribution < -0.4 is 5.32 Å². The van der Waals surface area contributed by atoms with E-state index < -0.39 is 12.0 Å². The summed E-state index contributed by atoms with van der Waals surface area (Å²) in [6, 6.07) is 14.6. The molecule has 0 saturated heterocycles. The molecule has 1 amide bonds. The first-order valence-corrected chi connectivity index (χ1v) is 8.14. The molecule has 1 saturated carbocycles. The normalized spacial score (nSPS) is 15.4. The fourth-order valence-electron chi connectivity index (χ4n) is 3.00. The highest BCUT2D eigenvalue weighted by Gasteiger charge is 2.28. The third-order valence-corrected chi connectivity index (χ3v) is 4.49. The van der Waals surface area contributed by atoms with Crippen LogP contribution in [0.5, 0.6) is 0 Å². The van der Waals surface area contributed by atoms with Crippen LogP contribution in [-0.4, -0.2) is 20.6 Å². The number of imidazole rings is 1. The molecule has 1 atom stereocenters. The maximum Gasteiger partial charge on any atom is 0.257 e. The van der Waals surface area contributed by atoms with Gasteiger partial charge in [0.1, 0.15) is 5.82 Å². The van der Waals surface area contributed by atoms with Crippen molar-refractivity contribution in [2.24, 2.45) is 7.05 Å². The molecule has 1 aliphatic carbocycles. The molecule has 1 heterocycles. The maximum atomic E-state index is 12.3. The highest BCUT2D eigenvalue weighted by molar-refractivity contribution is 5.96. The van der Waals surface area contributed by atoms with Crippen LogP contribution in [0, 0.1) is 0 Å². The first kappa shape index (κ1) is 14.9. The molecular weight excluding hydrogens is 302 g/mol. The topological polar surface area (TPSA) is 67.2 Å². The lowest BCUT2D eigenvalue weighted by atomic mass is 10.1. The Labute approximate surface area is 139 Å². The first-order chi connectivity index (χ1) is 11.6. The fraction of sp³-hybridized carbons (Fsp3) is 0.263. The molecule has 122 valence electrons. The fourth-order valence-corrected chi connectivity index (χ4v) is 3.00. The molecule has 0 spiro atoms. The van der Waals surface area contributed by atoms with E-state index in [9.17, 15) is 9.90 Å². The van der Waals surface area contributed by atoms with Gasteiger partial charge in [0, 0.05) is 18.7 Å². The molecule has 1 fully saturated rings. The maximum absolute atomic E-state index is 12.3. The summed E-state index contributed by atoms with van der Waals surface area (Å²) in [5.41, 5.74) is 3.14. The lowest BCUT2D eigenvalue weighted by Crippen LogP contribution is -2.20. The minimum atomic E-state index is -1.19. The number of fused-ring (bicyclic) bond motifs is 1. The monoisotopic (exact) mass is 321 g/mol. The molecule has 0 radical (unpaired) electrons. The Hall–Kier alpha value is -2.66. The van der Waals surface area contributed by atoms with Crippen LogP contribution in [0.25, 0.3) is 11.0 Å². The SMILES string of the molecule is Cn1c(C2CC2)nc2cc(NC(=O)[C@H](O)c3ccccc3)ccc21. The van der Waals surface area contributed by atoms with Gasteiger partial charge in [-0.1, -0.05) is 30.3 Å². The molecule has 5 heteroatoms. The molecule has 1 aromatic heterocycles. The first-order valence-electron chi connectivity index (χ1n) is 8.14. The second-order valence-corrected chi connectivity index (χ2v) is 6.31. The quantitative estimate of drug-likeness (QED) is 0.776. The van der Waals surface area contributed by atoms with E-state index in [0.29, 0.717) is 17.2 Å². The number of benzene rings is 2. The van der Waals surface area contributed by atoms with Crippen LogP contribution in [0.4, 0.5) is 5.69 Å². The molecule has 3 aromatic rings. The number of aryl methyl sites for hydroxylation is 1. The summed E-state index contributed by atoms with van der Waals surface area (Å²) >= 11 is 0. The number of rotatable bonds is 4. The zero-order valence-corrected chi connectivity index (χ0v) is 13.4. The number of aliphatic hydroxyl groups excluding tert-OH is 1. The Morgan fingerprint density at radius 1 is 1.25 bits per heavy atom. The van der Waals surface area contributed by atoms with Gasteiger partial charge >= 0.3 is 0 Å². The van der Waals surface area contributed by atoms with Crippen LogP contribution in [0.2, 0.25) is 0 Å². The minimum Gasteiger partial charge on any atom is -0.378 e. The molecular formula is C19H19N3O2. The van der Waals surface area contributed by atoms with Crippen LogP contribution in [0.1, 0.15) is 36.3 Å². The molecule has 4 rings (SSSR count). The number of hydrogen-bond donors (Lipinski definition) is 2. The minimum absolute atomic E-state index is 0.445. The number of hydrogen-bond acceptors (Lipinski definition) is 3. The standard InChI is InChI=1S/C19H19N3O2/c1-22-16-10-9-14(11-15(16)21-18(22)13-7-8-13)20-19(24)17(23)12-5-3-2-4-6-12/h2-6,9-11,13,17,23H,7-8H2,1H3,(H,20,24)/t17-/m1/s1. The zero-order valence-electron chi connectivity index (χ0n) is 13.4. The average Bonchev–Trinajstić information content (AvgIpc) is 3.39. The van der Waals surface area contributed by atoms with Gasteiger partial charge in [0.15, 0.2) is 6.10 Å². The summed E-state index contributed by atoms with van der Waals surface area (Å²) in [4.78, 5) is 16.9. The molecule has 0 bridgehead atoms. The van der Waals surface area contributed by atoms with Crippen molar-refractivity contribution in [3.8, 4) is 0 Å². The van der Waals surface area contributed by atoms with Crippen LogP contribution >= 0.6 is 0 Å². The summed E-state index contributed by atoms with van der Waals surface area (Å²) in [6.07, 6.45) is 1.21. The van der Waals surface area contributed by atoms with Gasteiger partial charge in [-0.05, 0) is 36.6 Å². The highest BCUT2D eigenvalue weighted by Crippen LogP contribution is 2.40. The molecule has 0 unspecified atom stereocenters. The number of amides is 1. The lowest BCUT2D eigenvalue weighted by molar-refractivity contribution is -0.124. The van der Waals surface area contributed by atoms with Gasteiger partial charge in [-0.2, -0.15) is 0 Å². The van der Waals surface area contributed by atoms with Crippen molar-refractivity contribution < 1.29 is 9.90 Å². The van der Waals surface area contributed by atoms with Crippen LogP contribution in [0.3, 0.4) is 0 Å². The zero-order chi connectivity index (χ0) is 16.7. The molecule has 1 aliphatic rings. The number of nitrogens with one attached hydrogen (secondary N) is 1. The average molecular weight is 321 g/mol. The summed E-state index contributed by atoms with van der Waals surface area (Å²) in [5, 5.41) is 12.9. The van der Waals surface area contributed by atoms with Gasteiger partial charge in [0.2, 0.25) is 0 Å². The number of nitrogens with zero attached hydrogens (tertiary/aromatic N) is 2. The van der Waals surface area contributed by atoms with Gasteiger partial charge in [-0.25, -0.2) is 4.98 Å². The van der Waals surface area contributed by atoms with Gasteiger partial charge in [0.25, 0.3) is 5.91 Å². The largest absolute Gasteiger partial charge is 0.378 e. The second-order valence-electron chi connectivity index (χ2n) is 6.31. The van der Waals surface area contributed by atoms with E-state index in [1.807, 2.05) is 31.3 Å². The highest BCUT2D eigenvalue weighted by atomic mass is 16.3. The van der Waals surface area contributed by atoms with Crippen LogP contribution in [0.15, 0.2) is 48.5 Å². The van der Waals surface area contributed by atoms with E-state index in [1.54, 1.807) is 24.3 Å². The van der Waals surface area contributed by atoms with E-state index in [2.05, 4.69) is 9.88 Å². The van der Waals surface area contributed by atoms with E-state index in [0.717, 1.165) is 16.9 Å². The van der Waals surface area contributed by atoms with E-state index in [1.165, 1.54) is 12.8 Å². The number of carbonyl (C=O) groups excluding carboxylic acids is 1. The Morgan fingerprint density at radius 3 is 2.71 bits per heavy atom. The molecule has 0 aliphatic heterocycles. The van der Waals surface area contributed by atoms with Crippen molar-refractivity contribution in [2.45, 2.75) is 24.9 Å². The summed E-state index contributed by atoms with van der Waals surface area (Å²) in [7, 11) is 2.03. The van der Waals surface area contributed by atoms with Crippen molar-refractivity contribution >= 4 is 22.6 Å². The smallest absolute Gasteiger partial charge is 0.257 e. The molecule has 2 aromatic carbocycles. The lowest BCUT2D eigenvalue weighted by Gasteiger charge is -2.11. The van der Waals surface area contributed by atoms with Crippen molar-refractivity contribution in [3.63, 3.8) is 0 Å². The van der Waals surface area contributed by atoms with Gasteiger partial charge in [0.05, 0.1) is 11.0 Å². The Balaban J connectivity index is 1.57. The van der Waals surface area contributed by atoms with Crippen LogP contribution in [-0.2, 0) is 11.8 Å². The van der Waals surface area contributed by atoms with Gasteiger partial charge in [-0.3, -0.25) is 4.79 Å². The van der Waals surface area contributed by atoms with Gasteiger partial charge < -0.3 is 15.0 Å².